The van der Waals surface area contributed by atoms with Gasteiger partial charge >= 0.3 is 0 Å². The molecule has 0 aliphatic rings. The molecule has 21 heavy (non-hydrogen) atoms. The Balaban J connectivity index is 2.37. The monoisotopic (exact) mass is 331 g/mol. The smallest absolute Gasteiger partial charge is 0.235 e. The third-order valence-corrected chi connectivity index (χ3v) is 5.02. The Kier molecular flexibility index (Phi) is 4.70. The molecule has 6 nitrogen and oxygen atoms in total. The van der Waals surface area contributed by atoms with Crippen molar-refractivity contribution < 1.29 is 27.0 Å². The first-order chi connectivity index (χ1) is 9.85. The quantitative estimate of drug-likeness (QED) is 0.591. The van der Waals surface area contributed by atoms with Crippen molar-refractivity contribution in [1.82, 2.24) is 0 Å². The number of hydrogen-bond acceptors (Lipinski definition) is 6. The van der Waals surface area contributed by atoms with Gasteiger partial charge in [-0.25, -0.2) is 8.42 Å². The van der Waals surface area contributed by atoms with Gasteiger partial charge in [0.05, 0.1) is 30.4 Å². The Labute approximate surface area is 127 Å². The van der Waals surface area contributed by atoms with E-state index in [4.69, 9.17) is 9.47 Å². The van der Waals surface area contributed by atoms with Crippen LogP contribution < -0.4 is 14.0 Å². The topological polar surface area (TPSA) is 79.5 Å². The fourth-order valence-electron chi connectivity index (χ4n) is 2.20. The summed E-state index contributed by atoms with van der Waals surface area (Å²) in [7, 11) is -1.02. The van der Waals surface area contributed by atoms with Crippen molar-refractivity contribution in [2.45, 2.75) is 19.9 Å². The van der Waals surface area contributed by atoms with E-state index >= 15 is 0 Å². The van der Waals surface area contributed by atoms with Crippen molar-refractivity contribution in [3.63, 3.8) is 0 Å². The van der Waals surface area contributed by atoms with E-state index in [1.54, 1.807) is 25.6 Å². The van der Waals surface area contributed by atoms with Crippen LogP contribution in [0.25, 0.3) is 10.2 Å². The van der Waals surface area contributed by atoms with Crippen molar-refractivity contribution in [2.24, 2.45) is 0 Å². The molecule has 0 aliphatic heterocycles. The molecular formula is C13H17NO5S2. The molecule has 1 heterocycles. The highest BCUT2D eigenvalue weighted by Crippen LogP contribution is 2.33. The second-order valence-corrected chi connectivity index (χ2v) is 7.32. The van der Waals surface area contributed by atoms with Crippen molar-refractivity contribution in [2.75, 3.05) is 20.0 Å². The van der Waals surface area contributed by atoms with Gasteiger partial charge in [0, 0.05) is 25.2 Å². The summed E-state index contributed by atoms with van der Waals surface area (Å²) in [6.07, 6.45) is 0.289. The molecule has 0 amide bonds. The molecule has 0 saturated heterocycles. The standard InChI is InChI=1S/C13H17NO5S2/c1-9-14(5-4-6-21(15,16)17)10-7-11(18-2)12(19-3)8-13(10)20-9/h7-8H,4-6H2,1-3H3. The highest BCUT2D eigenvalue weighted by atomic mass is 32.2. The second kappa shape index (κ2) is 6.17. The van der Waals surface area contributed by atoms with Gasteiger partial charge in [0.1, 0.15) is 4.70 Å². The predicted octanol–water partition coefficient (Wildman–Crippen LogP) is 1.45. The fourth-order valence-corrected chi connectivity index (χ4v) is 3.74. The average molecular weight is 331 g/mol. The van der Waals surface area contributed by atoms with Gasteiger partial charge in [-0.1, -0.05) is 11.3 Å². The van der Waals surface area contributed by atoms with Crippen molar-refractivity contribution in [3.05, 3.63) is 17.1 Å². The van der Waals surface area contributed by atoms with E-state index in [1.165, 1.54) is 0 Å². The molecule has 0 spiro atoms. The maximum absolute atomic E-state index is 10.7. The minimum atomic E-state index is -4.17. The molecule has 0 unspecified atom stereocenters. The van der Waals surface area contributed by atoms with Crippen LogP contribution in [0.2, 0.25) is 0 Å². The number of aryl methyl sites for hydroxylation is 2. The summed E-state index contributed by atoms with van der Waals surface area (Å²) in [4.78, 5) is 0. The maximum Gasteiger partial charge on any atom is 0.235 e. The van der Waals surface area contributed by atoms with E-state index < -0.39 is 10.1 Å². The molecule has 116 valence electrons. The molecule has 0 radical (unpaired) electrons. The minimum Gasteiger partial charge on any atom is -0.748 e. The zero-order valence-corrected chi connectivity index (χ0v) is 13.7. The molecule has 0 N–H and O–H groups in total. The van der Waals surface area contributed by atoms with Crippen LogP contribution >= 0.6 is 11.3 Å². The van der Waals surface area contributed by atoms with Crippen molar-refractivity contribution >= 4 is 31.7 Å². The second-order valence-electron chi connectivity index (χ2n) is 4.56. The number of aromatic nitrogens is 1. The van der Waals surface area contributed by atoms with Gasteiger partial charge in [-0.2, -0.15) is 4.57 Å². The number of fused-ring (bicyclic) bond motifs is 1. The Bertz CT molecular complexity index is 751. The highest BCUT2D eigenvalue weighted by molar-refractivity contribution is 7.85. The average Bonchev–Trinajstić information content (AvgIpc) is 2.71. The van der Waals surface area contributed by atoms with Crippen molar-refractivity contribution in [3.8, 4) is 11.5 Å². The molecule has 8 heteroatoms. The van der Waals surface area contributed by atoms with Gasteiger partial charge in [-0.15, -0.1) is 0 Å². The van der Waals surface area contributed by atoms with Gasteiger partial charge in [0.15, 0.2) is 18.0 Å². The number of nitrogens with zero attached hydrogens (tertiary/aromatic N) is 1. The Morgan fingerprint density at radius 1 is 1.24 bits per heavy atom. The summed E-state index contributed by atoms with van der Waals surface area (Å²) in [5.41, 5.74) is 0.943. The van der Waals surface area contributed by atoms with Crippen LogP contribution in [0.5, 0.6) is 11.5 Å². The molecule has 0 aliphatic carbocycles. The summed E-state index contributed by atoms with van der Waals surface area (Å²) in [5, 5.41) is 1.03. The van der Waals surface area contributed by atoms with E-state index in [9.17, 15) is 13.0 Å². The van der Waals surface area contributed by atoms with E-state index in [-0.39, 0.29) is 12.2 Å². The van der Waals surface area contributed by atoms with Gasteiger partial charge in [-0.05, 0) is 0 Å². The summed E-state index contributed by atoms with van der Waals surface area (Å²) in [5.74, 6) is 0.915. The lowest BCUT2D eigenvalue weighted by Crippen LogP contribution is -2.35. The van der Waals surface area contributed by atoms with E-state index in [2.05, 4.69) is 0 Å². The van der Waals surface area contributed by atoms with Crippen LogP contribution in [0.4, 0.5) is 0 Å². The Morgan fingerprint density at radius 3 is 2.43 bits per heavy atom. The lowest BCUT2D eigenvalue weighted by molar-refractivity contribution is -0.672. The van der Waals surface area contributed by atoms with Crippen LogP contribution in [-0.2, 0) is 16.7 Å². The number of hydrogen-bond donors (Lipinski definition) is 0. The maximum atomic E-state index is 10.7. The highest BCUT2D eigenvalue weighted by Gasteiger charge is 2.20. The van der Waals surface area contributed by atoms with Gasteiger partial charge in [-0.3, -0.25) is 0 Å². The largest absolute Gasteiger partial charge is 0.748 e. The lowest BCUT2D eigenvalue weighted by Gasteiger charge is -2.06. The van der Waals surface area contributed by atoms with Crippen molar-refractivity contribution in [1.29, 1.82) is 0 Å². The molecule has 2 aromatic rings. The lowest BCUT2D eigenvalue weighted by atomic mass is 10.3. The van der Waals surface area contributed by atoms with E-state index in [1.807, 2.05) is 23.6 Å². The van der Waals surface area contributed by atoms with Crippen LogP contribution in [0.1, 0.15) is 11.4 Å². The summed E-state index contributed by atoms with van der Waals surface area (Å²) in [6, 6.07) is 3.76. The molecule has 2 rings (SSSR count). The molecular weight excluding hydrogens is 314 g/mol. The Morgan fingerprint density at radius 2 is 1.86 bits per heavy atom. The SMILES string of the molecule is COc1cc2sc(C)[n+](CCCS(=O)(=O)[O-])c2cc1OC. The molecule has 0 bridgehead atoms. The Hall–Kier alpha value is -1.38. The summed E-state index contributed by atoms with van der Waals surface area (Å²) < 4.78 is 45.7. The van der Waals surface area contributed by atoms with Gasteiger partial charge < -0.3 is 14.0 Å². The van der Waals surface area contributed by atoms with Crippen LogP contribution in [0, 0.1) is 6.92 Å². The minimum absolute atomic E-state index is 0.289. The summed E-state index contributed by atoms with van der Waals surface area (Å²) >= 11 is 1.59. The number of benzene rings is 1. The number of rotatable bonds is 6. The first-order valence-corrected chi connectivity index (χ1v) is 8.73. The van der Waals surface area contributed by atoms with E-state index in [0.29, 0.717) is 18.0 Å². The number of ether oxygens (including phenoxy) is 2. The van der Waals surface area contributed by atoms with Crippen LogP contribution in [-0.4, -0.2) is 32.9 Å². The summed E-state index contributed by atoms with van der Waals surface area (Å²) in [6.45, 7) is 2.43. The van der Waals surface area contributed by atoms with Crippen LogP contribution in [0.3, 0.4) is 0 Å². The fraction of sp³-hybridized carbons (Fsp3) is 0.462. The molecule has 0 saturated carbocycles. The normalized spacial score (nSPS) is 11.8. The molecule has 1 aromatic heterocycles. The number of thiazole rings is 1. The first-order valence-electron chi connectivity index (χ1n) is 6.34. The van der Waals surface area contributed by atoms with Crippen LogP contribution in [0.15, 0.2) is 12.1 Å². The van der Waals surface area contributed by atoms with E-state index in [0.717, 1.165) is 15.2 Å². The van der Waals surface area contributed by atoms with Gasteiger partial charge in [0.25, 0.3) is 0 Å². The number of methoxy groups -OCH3 is 2. The zero-order valence-electron chi connectivity index (χ0n) is 12.1. The molecule has 1 aromatic carbocycles. The molecule has 0 fully saturated rings. The third-order valence-electron chi connectivity index (χ3n) is 3.17. The zero-order chi connectivity index (χ0) is 15.6. The van der Waals surface area contributed by atoms with Gasteiger partial charge in [0.2, 0.25) is 10.5 Å². The predicted molar refractivity (Wildman–Crippen MR) is 79.0 cm³/mol. The molecule has 0 atom stereocenters. The first kappa shape index (κ1) is 16.0. The third kappa shape index (κ3) is 3.63.